The molecule has 7 nitrogen and oxygen atoms in total. The van der Waals surface area contributed by atoms with Crippen molar-refractivity contribution in [2.75, 3.05) is 18.4 Å². The highest BCUT2D eigenvalue weighted by atomic mass is 32.2. The lowest BCUT2D eigenvalue weighted by atomic mass is 10.0. The summed E-state index contributed by atoms with van der Waals surface area (Å²) in [6.45, 7) is 7.58. The van der Waals surface area contributed by atoms with Gasteiger partial charge in [-0.1, -0.05) is 47.7 Å². The number of nitrogens with one attached hydrogen (secondary N) is 2. The molecule has 2 aromatic rings. The van der Waals surface area contributed by atoms with E-state index in [9.17, 15) is 14.4 Å². The average molecular weight is 493 g/mol. The molecule has 1 heterocycles. The Morgan fingerprint density at radius 2 is 1.83 bits per heavy atom. The van der Waals surface area contributed by atoms with E-state index in [0.29, 0.717) is 22.3 Å². The van der Waals surface area contributed by atoms with Crippen molar-refractivity contribution in [3.05, 3.63) is 65.2 Å². The Kier molecular flexibility index (Phi) is 7.90. The van der Waals surface area contributed by atoms with Gasteiger partial charge in [0.2, 0.25) is 5.91 Å². The van der Waals surface area contributed by atoms with E-state index in [1.807, 2.05) is 25.7 Å². The van der Waals surface area contributed by atoms with Gasteiger partial charge < -0.3 is 15.5 Å². The van der Waals surface area contributed by atoms with E-state index in [4.69, 9.17) is 0 Å². The van der Waals surface area contributed by atoms with Crippen LogP contribution in [0.25, 0.3) is 0 Å². The number of aliphatic imine (C=N–C) groups is 1. The van der Waals surface area contributed by atoms with Crippen LogP contribution in [0, 0.1) is 12.8 Å². The Balaban J connectivity index is 1.36. The van der Waals surface area contributed by atoms with E-state index in [-0.39, 0.29) is 30.2 Å². The minimum atomic E-state index is -0.522. The number of amides is 3. The third-order valence-corrected chi connectivity index (χ3v) is 7.57. The summed E-state index contributed by atoms with van der Waals surface area (Å²) in [6, 6.07) is 15.2. The molecule has 0 bridgehead atoms. The fourth-order valence-corrected chi connectivity index (χ4v) is 5.35. The van der Waals surface area contributed by atoms with Gasteiger partial charge in [0.15, 0.2) is 5.17 Å². The molecule has 1 aliphatic heterocycles. The summed E-state index contributed by atoms with van der Waals surface area (Å²) < 4.78 is 0. The SMILES string of the molecule is CCN(CC)C1=NC(=O)C(CC(=O)Nc2cccc(C(=O)NC(c3ccc(C)cc3)C3CC3)c2)S1. The number of benzene rings is 2. The quantitative estimate of drug-likeness (QED) is 0.536. The third kappa shape index (κ3) is 6.31. The zero-order valence-electron chi connectivity index (χ0n) is 20.4. The van der Waals surface area contributed by atoms with Crippen molar-refractivity contribution in [2.24, 2.45) is 10.9 Å². The van der Waals surface area contributed by atoms with Gasteiger partial charge in [-0.25, -0.2) is 0 Å². The van der Waals surface area contributed by atoms with Crippen molar-refractivity contribution >= 4 is 40.3 Å². The van der Waals surface area contributed by atoms with Crippen LogP contribution in [-0.2, 0) is 9.59 Å². The number of anilines is 1. The maximum atomic E-state index is 13.1. The zero-order valence-corrected chi connectivity index (χ0v) is 21.2. The molecule has 35 heavy (non-hydrogen) atoms. The van der Waals surface area contributed by atoms with Gasteiger partial charge in [0, 0.05) is 30.8 Å². The molecule has 0 saturated heterocycles. The standard InChI is InChI=1S/C27H32N4O3S/c1-4-31(5-2)27-30-26(34)22(35-27)16-23(32)28-21-8-6-7-20(15-21)25(33)29-24(19-13-14-19)18-11-9-17(3)10-12-18/h6-12,15,19,22,24H,4-5,13-14,16H2,1-3H3,(H,28,32)(H,29,33). The van der Waals surface area contributed by atoms with E-state index in [1.54, 1.807) is 24.3 Å². The summed E-state index contributed by atoms with van der Waals surface area (Å²) >= 11 is 1.34. The van der Waals surface area contributed by atoms with Crippen LogP contribution in [0.1, 0.15) is 60.6 Å². The van der Waals surface area contributed by atoms with Gasteiger partial charge in [-0.15, -0.1) is 0 Å². The summed E-state index contributed by atoms with van der Waals surface area (Å²) in [5.74, 6) is -0.269. The number of amidine groups is 1. The lowest BCUT2D eigenvalue weighted by molar-refractivity contribution is -0.121. The van der Waals surface area contributed by atoms with Crippen molar-refractivity contribution in [1.29, 1.82) is 0 Å². The van der Waals surface area contributed by atoms with Crippen LogP contribution >= 0.6 is 11.8 Å². The Bertz CT molecular complexity index is 1120. The van der Waals surface area contributed by atoms with Crippen LogP contribution in [0.3, 0.4) is 0 Å². The fourth-order valence-electron chi connectivity index (χ4n) is 4.16. The number of hydrogen-bond acceptors (Lipinski definition) is 5. The Morgan fingerprint density at radius 1 is 1.11 bits per heavy atom. The van der Waals surface area contributed by atoms with Crippen molar-refractivity contribution < 1.29 is 14.4 Å². The first-order valence-corrected chi connectivity index (χ1v) is 13.1. The summed E-state index contributed by atoms with van der Waals surface area (Å²) in [4.78, 5) is 44.1. The van der Waals surface area contributed by atoms with Crippen LogP contribution in [0.5, 0.6) is 0 Å². The number of hydrogen-bond donors (Lipinski definition) is 2. The molecular weight excluding hydrogens is 460 g/mol. The highest BCUT2D eigenvalue weighted by Crippen LogP contribution is 2.41. The number of rotatable bonds is 9. The Morgan fingerprint density at radius 3 is 2.49 bits per heavy atom. The first kappa shape index (κ1) is 25.0. The van der Waals surface area contributed by atoms with Crippen LogP contribution in [0.4, 0.5) is 5.69 Å². The highest BCUT2D eigenvalue weighted by Gasteiger charge is 2.34. The molecule has 184 valence electrons. The van der Waals surface area contributed by atoms with Crippen LogP contribution < -0.4 is 10.6 Å². The number of thioether (sulfide) groups is 1. The summed E-state index contributed by atoms with van der Waals surface area (Å²) in [5.41, 5.74) is 3.31. The molecule has 0 aromatic heterocycles. The van der Waals surface area contributed by atoms with E-state index in [2.05, 4.69) is 39.9 Å². The lowest BCUT2D eigenvalue weighted by Gasteiger charge is -2.20. The molecule has 1 saturated carbocycles. The molecule has 2 aliphatic rings. The number of nitrogens with zero attached hydrogens (tertiary/aromatic N) is 2. The number of aryl methyl sites for hydroxylation is 1. The highest BCUT2D eigenvalue weighted by molar-refractivity contribution is 8.15. The Labute approximate surface area is 210 Å². The Hall–Kier alpha value is -3.13. The lowest BCUT2D eigenvalue weighted by Crippen LogP contribution is -2.30. The summed E-state index contributed by atoms with van der Waals surface area (Å²) in [7, 11) is 0. The molecular formula is C27H32N4O3S. The largest absolute Gasteiger partial charge is 0.352 e. The van der Waals surface area contributed by atoms with Gasteiger partial charge in [-0.2, -0.15) is 4.99 Å². The second-order valence-electron chi connectivity index (χ2n) is 9.04. The maximum absolute atomic E-state index is 13.1. The molecule has 3 amide bonds. The summed E-state index contributed by atoms with van der Waals surface area (Å²) in [6.07, 6.45) is 2.24. The molecule has 4 rings (SSSR count). The molecule has 8 heteroatoms. The van der Waals surface area contributed by atoms with Crippen molar-refractivity contribution in [2.45, 2.75) is 51.3 Å². The predicted molar refractivity (Wildman–Crippen MR) is 141 cm³/mol. The molecule has 0 radical (unpaired) electrons. The molecule has 0 spiro atoms. The zero-order chi connectivity index (χ0) is 24.9. The van der Waals surface area contributed by atoms with Crippen molar-refractivity contribution in [3.63, 3.8) is 0 Å². The van der Waals surface area contributed by atoms with E-state index >= 15 is 0 Å². The molecule has 2 unspecified atom stereocenters. The van der Waals surface area contributed by atoms with Gasteiger partial charge in [0.05, 0.1) is 6.04 Å². The van der Waals surface area contributed by atoms with Crippen LogP contribution in [-0.4, -0.2) is 46.1 Å². The third-order valence-electron chi connectivity index (χ3n) is 6.36. The van der Waals surface area contributed by atoms with E-state index in [0.717, 1.165) is 31.5 Å². The van der Waals surface area contributed by atoms with Gasteiger partial charge in [-0.05, 0) is 63.3 Å². The first-order chi connectivity index (χ1) is 16.9. The second kappa shape index (κ2) is 11.1. The molecule has 2 N–H and O–H groups in total. The predicted octanol–water partition coefficient (Wildman–Crippen LogP) is 4.54. The second-order valence-corrected chi connectivity index (χ2v) is 10.2. The van der Waals surface area contributed by atoms with Crippen LogP contribution in [0.2, 0.25) is 0 Å². The molecule has 1 aliphatic carbocycles. The minimum Gasteiger partial charge on any atom is -0.352 e. The molecule has 1 fully saturated rings. The topological polar surface area (TPSA) is 90.9 Å². The van der Waals surface area contributed by atoms with Gasteiger partial charge >= 0.3 is 0 Å². The normalized spacial score (nSPS) is 18.1. The number of carbonyl (C=O) groups excluding carboxylic acids is 3. The molecule has 2 atom stereocenters. The van der Waals surface area contributed by atoms with Gasteiger partial charge in [0.1, 0.15) is 5.25 Å². The van der Waals surface area contributed by atoms with Crippen molar-refractivity contribution in [1.82, 2.24) is 10.2 Å². The smallest absolute Gasteiger partial charge is 0.262 e. The molecule has 2 aromatic carbocycles. The maximum Gasteiger partial charge on any atom is 0.262 e. The number of carbonyl (C=O) groups is 3. The van der Waals surface area contributed by atoms with Crippen molar-refractivity contribution in [3.8, 4) is 0 Å². The van der Waals surface area contributed by atoms with Gasteiger partial charge in [0.25, 0.3) is 11.8 Å². The van der Waals surface area contributed by atoms with Gasteiger partial charge in [-0.3, -0.25) is 14.4 Å². The fraction of sp³-hybridized carbons (Fsp3) is 0.407. The monoisotopic (exact) mass is 492 g/mol. The minimum absolute atomic E-state index is 0.0215. The average Bonchev–Trinajstić information content (AvgIpc) is 3.63. The van der Waals surface area contributed by atoms with Crippen LogP contribution in [0.15, 0.2) is 53.5 Å². The first-order valence-electron chi connectivity index (χ1n) is 12.2. The summed E-state index contributed by atoms with van der Waals surface area (Å²) in [5, 5.41) is 6.17. The van der Waals surface area contributed by atoms with E-state index < -0.39 is 5.25 Å². The van der Waals surface area contributed by atoms with E-state index in [1.165, 1.54) is 17.3 Å².